The Balaban J connectivity index is 1.55. The van der Waals surface area contributed by atoms with Crippen LogP contribution in [-0.4, -0.2) is 39.9 Å². The second-order valence-corrected chi connectivity index (χ2v) is 9.17. The molecule has 2 N–H and O–H groups in total. The number of fused-ring (bicyclic) bond motifs is 1. The molecule has 1 aliphatic heterocycles. The number of amides is 1. The summed E-state index contributed by atoms with van der Waals surface area (Å²) in [5.74, 6) is 0.814. The predicted molar refractivity (Wildman–Crippen MR) is 124 cm³/mol. The molecular weight excluding hydrogens is 487 g/mol. The van der Waals surface area contributed by atoms with Gasteiger partial charge >= 0.3 is 6.18 Å². The second kappa shape index (κ2) is 11.0. The summed E-state index contributed by atoms with van der Waals surface area (Å²) < 4.78 is 78.3. The summed E-state index contributed by atoms with van der Waals surface area (Å²) in [6.07, 6.45) is -4.28. The summed E-state index contributed by atoms with van der Waals surface area (Å²) >= 11 is 0. The van der Waals surface area contributed by atoms with Crippen molar-refractivity contribution >= 4 is 27.5 Å². The summed E-state index contributed by atoms with van der Waals surface area (Å²) in [5.41, 5.74) is -0.274. The summed E-state index contributed by atoms with van der Waals surface area (Å²) in [7, 11) is -4.17. The van der Waals surface area contributed by atoms with E-state index in [2.05, 4.69) is 15.0 Å². The number of carbonyl (C=O) groups is 1. The molecule has 0 saturated carbocycles. The highest BCUT2D eigenvalue weighted by Crippen LogP contribution is 2.35. The van der Waals surface area contributed by atoms with E-state index in [0.717, 1.165) is 17.7 Å². The van der Waals surface area contributed by atoms with Crippen molar-refractivity contribution in [3.8, 4) is 11.5 Å². The van der Waals surface area contributed by atoms with Crippen LogP contribution < -0.4 is 20.1 Å². The number of nitrogens with one attached hydrogen (secondary N) is 2. The molecule has 0 radical (unpaired) electrons. The SMILES string of the molecule is CCOc1ccc(CCNC(=O)CCC2=NS(=O)(=O)c3ccc(C(F)(F)F)cc3N2)cc1OCC. The van der Waals surface area contributed by atoms with Gasteiger partial charge in [0.25, 0.3) is 10.0 Å². The normalized spacial score (nSPS) is 14.4. The second-order valence-electron chi connectivity index (χ2n) is 7.59. The molecule has 0 bridgehead atoms. The van der Waals surface area contributed by atoms with E-state index in [1.54, 1.807) is 6.07 Å². The Labute approximate surface area is 201 Å². The maximum absolute atomic E-state index is 13.0. The Kier molecular flexibility index (Phi) is 8.26. The number of benzene rings is 2. The lowest BCUT2D eigenvalue weighted by molar-refractivity contribution is -0.137. The van der Waals surface area contributed by atoms with Gasteiger partial charge in [-0.3, -0.25) is 4.79 Å². The number of anilines is 1. The summed E-state index contributed by atoms with van der Waals surface area (Å²) in [5, 5.41) is 5.34. The predicted octanol–water partition coefficient (Wildman–Crippen LogP) is 4.15. The number of ether oxygens (including phenoxy) is 2. The Hall–Kier alpha value is -3.28. The highest BCUT2D eigenvalue weighted by atomic mass is 32.2. The Morgan fingerprint density at radius 1 is 1.03 bits per heavy atom. The van der Waals surface area contributed by atoms with Gasteiger partial charge in [0.05, 0.1) is 24.5 Å². The van der Waals surface area contributed by atoms with Crippen molar-refractivity contribution in [2.24, 2.45) is 4.40 Å². The number of rotatable bonds is 10. The fraction of sp³-hybridized carbons (Fsp3) is 0.391. The van der Waals surface area contributed by atoms with Crippen LogP contribution in [0.15, 0.2) is 45.7 Å². The van der Waals surface area contributed by atoms with Gasteiger partial charge in [-0.2, -0.15) is 21.6 Å². The molecule has 0 spiro atoms. The van der Waals surface area contributed by atoms with Gasteiger partial charge in [-0.25, -0.2) is 0 Å². The van der Waals surface area contributed by atoms with Crippen LogP contribution in [0.25, 0.3) is 0 Å². The fourth-order valence-electron chi connectivity index (χ4n) is 3.43. The van der Waals surface area contributed by atoms with Gasteiger partial charge in [-0.05, 0) is 56.2 Å². The zero-order chi connectivity index (χ0) is 25.6. The smallest absolute Gasteiger partial charge is 0.416 e. The monoisotopic (exact) mass is 513 g/mol. The minimum absolute atomic E-state index is 0.0850. The molecule has 8 nitrogen and oxygen atoms in total. The first kappa shape index (κ1) is 26.3. The van der Waals surface area contributed by atoms with Gasteiger partial charge in [0.1, 0.15) is 10.7 Å². The molecule has 1 amide bonds. The van der Waals surface area contributed by atoms with E-state index >= 15 is 0 Å². The van der Waals surface area contributed by atoms with E-state index < -0.39 is 21.8 Å². The Morgan fingerprint density at radius 2 is 1.74 bits per heavy atom. The van der Waals surface area contributed by atoms with Crippen LogP contribution in [0, 0.1) is 0 Å². The highest BCUT2D eigenvalue weighted by Gasteiger charge is 2.33. The number of hydrogen-bond donors (Lipinski definition) is 2. The number of amidine groups is 1. The van der Waals surface area contributed by atoms with Crippen LogP contribution in [0.5, 0.6) is 11.5 Å². The van der Waals surface area contributed by atoms with Crippen LogP contribution in [0.2, 0.25) is 0 Å². The number of hydrogen-bond acceptors (Lipinski definition) is 6. The quantitative estimate of drug-likeness (QED) is 0.494. The van der Waals surface area contributed by atoms with E-state index in [9.17, 15) is 26.4 Å². The van der Waals surface area contributed by atoms with Crippen molar-refractivity contribution in [2.75, 3.05) is 25.1 Å². The van der Waals surface area contributed by atoms with Gasteiger partial charge in [0.15, 0.2) is 11.5 Å². The van der Waals surface area contributed by atoms with E-state index in [-0.39, 0.29) is 35.2 Å². The van der Waals surface area contributed by atoms with Crippen molar-refractivity contribution in [3.63, 3.8) is 0 Å². The lowest BCUT2D eigenvalue weighted by atomic mass is 10.1. The molecule has 3 rings (SSSR count). The van der Waals surface area contributed by atoms with Crippen molar-refractivity contribution in [2.45, 2.75) is 44.2 Å². The standard InChI is InChI=1S/C23H26F3N3O5S/c1-3-33-18-7-5-15(13-19(18)34-4-2)11-12-27-22(30)10-9-21-28-17-14-16(23(24,25)26)6-8-20(17)35(31,32)29-21/h5-8,13-14H,3-4,9-12H2,1-2H3,(H,27,30)(H,28,29). The van der Waals surface area contributed by atoms with Crippen molar-refractivity contribution in [1.82, 2.24) is 5.32 Å². The first-order valence-electron chi connectivity index (χ1n) is 11.0. The summed E-state index contributed by atoms with van der Waals surface area (Å²) in [6, 6.07) is 7.80. The molecule has 1 heterocycles. The molecule has 190 valence electrons. The largest absolute Gasteiger partial charge is 0.490 e. The van der Waals surface area contributed by atoms with Gasteiger partial charge in [0, 0.05) is 19.4 Å². The molecule has 12 heteroatoms. The van der Waals surface area contributed by atoms with Gasteiger partial charge < -0.3 is 20.1 Å². The molecule has 0 aromatic heterocycles. The van der Waals surface area contributed by atoms with Gasteiger partial charge in [0.2, 0.25) is 5.91 Å². The topological polar surface area (TPSA) is 106 Å². The lowest BCUT2D eigenvalue weighted by Crippen LogP contribution is -2.28. The molecule has 1 aliphatic rings. The number of halogens is 3. The van der Waals surface area contributed by atoms with Crippen LogP contribution in [0.3, 0.4) is 0 Å². The summed E-state index contributed by atoms with van der Waals surface area (Å²) in [4.78, 5) is 11.9. The van der Waals surface area contributed by atoms with Crippen LogP contribution in [0.4, 0.5) is 18.9 Å². The first-order valence-corrected chi connectivity index (χ1v) is 12.4. The molecule has 2 aromatic carbocycles. The maximum atomic E-state index is 13.0. The minimum atomic E-state index is -4.62. The van der Waals surface area contributed by atoms with Gasteiger partial charge in [-0.15, -0.1) is 4.40 Å². The van der Waals surface area contributed by atoms with Crippen molar-refractivity contribution in [1.29, 1.82) is 0 Å². The molecular formula is C23H26F3N3O5S. The molecule has 0 atom stereocenters. The Bertz CT molecular complexity index is 1210. The average Bonchev–Trinajstić information content (AvgIpc) is 2.78. The number of alkyl halides is 3. The minimum Gasteiger partial charge on any atom is -0.490 e. The number of nitrogens with zero attached hydrogens (tertiary/aromatic N) is 1. The fourth-order valence-corrected chi connectivity index (χ4v) is 4.58. The number of sulfonamides is 1. The van der Waals surface area contributed by atoms with Crippen LogP contribution in [0.1, 0.15) is 37.8 Å². The lowest BCUT2D eigenvalue weighted by Gasteiger charge is -2.19. The van der Waals surface area contributed by atoms with E-state index in [0.29, 0.717) is 43.7 Å². The van der Waals surface area contributed by atoms with Crippen LogP contribution in [-0.2, 0) is 27.4 Å². The van der Waals surface area contributed by atoms with Crippen molar-refractivity contribution in [3.05, 3.63) is 47.5 Å². The van der Waals surface area contributed by atoms with E-state index in [4.69, 9.17) is 9.47 Å². The third-order valence-electron chi connectivity index (χ3n) is 5.03. The van der Waals surface area contributed by atoms with Crippen LogP contribution >= 0.6 is 0 Å². The highest BCUT2D eigenvalue weighted by molar-refractivity contribution is 7.90. The molecule has 2 aromatic rings. The van der Waals surface area contributed by atoms with E-state index in [1.165, 1.54) is 0 Å². The summed E-state index contributed by atoms with van der Waals surface area (Å²) in [6.45, 7) is 5.06. The third kappa shape index (κ3) is 6.87. The molecule has 0 aliphatic carbocycles. The molecule has 35 heavy (non-hydrogen) atoms. The molecule has 0 fully saturated rings. The maximum Gasteiger partial charge on any atom is 0.416 e. The third-order valence-corrected chi connectivity index (χ3v) is 6.40. The molecule has 0 unspecified atom stereocenters. The number of carbonyl (C=O) groups excluding carboxylic acids is 1. The van der Waals surface area contributed by atoms with E-state index in [1.807, 2.05) is 26.0 Å². The van der Waals surface area contributed by atoms with Gasteiger partial charge in [-0.1, -0.05) is 6.07 Å². The zero-order valence-electron chi connectivity index (χ0n) is 19.2. The zero-order valence-corrected chi connectivity index (χ0v) is 20.1. The molecule has 0 saturated heterocycles. The first-order chi connectivity index (χ1) is 16.5. The average molecular weight is 514 g/mol. The van der Waals surface area contributed by atoms with Crippen molar-refractivity contribution < 1.29 is 35.9 Å². The Morgan fingerprint density at radius 3 is 2.43 bits per heavy atom.